The van der Waals surface area contributed by atoms with E-state index in [0.717, 1.165) is 51.1 Å². The van der Waals surface area contributed by atoms with E-state index in [2.05, 4.69) is 24.5 Å². The molecule has 110 valence electrons. The van der Waals surface area contributed by atoms with Crippen LogP contribution < -0.4 is 10.6 Å². The molecule has 3 nitrogen and oxygen atoms in total. The van der Waals surface area contributed by atoms with Crippen molar-refractivity contribution in [2.24, 2.45) is 11.3 Å². The number of rotatable bonds is 7. The SMILES string of the molecule is CCCC1(C(=O)NC(CC)CC2CC2)CCCNC1. The largest absolute Gasteiger partial charge is 0.353 e. The normalized spacial score (nSPS) is 28.9. The number of carbonyl (C=O) groups is 1. The van der Waals surface area contributed by atoms with Crippen LogP contribution in [0.25, 0.3) is 0 Å². The minimum Gasteiger partial charge on any atom is -0.353 e. The van der Waals surface area contributed by atoms with Crippen LogP contribution in [-0.4, -0.2) is 25.0 Å². The summed E-state index contributed by atoms with van der Waals surface area (Å²) in [6.45, 7) is 6.31. The molecule has 2 fully saturated rings. The topological polar surface area (TPSA) is 41.1 Å². The molecule has 2 rings (SSSR count). The van der Waals surface area contributed by atoms with Crippen molar-refractivity contribution in [3.63, 3.8) is 0 Å². The summed E-state index contributed by atoms with van der Waals surface area (Å²) in [5.74, 6) is 1.20. The van der Waals surface area contributed by atoms with Gasteiger partial charge in [0.25, 0.3) is 0 Å². The lowest BCUT2D eigenvalue weighted by molar-refractivity contribution is -0.133. The maximum atomic E-state index is 12.7. The summed E-state index contributed by atoms with van der Waals surface area (Å²) in [5, 5.41) is 6.78. The van der Waals surface area contributed by atoms with Gasteiger partial charge in [0.15, 0.2) is 0 Å². The predicted molar refractivity (Wildman–Crippen MR) is 79.0 cm³/mol. The first-order valence-electron chi connectivity index (χ1n) is 8.22. The second-order valence-electron chi connectivity index (χ2n) is 6.57. The molecule has 3 heteroatoms. The average Bonchev–Trinajstić information content (AvgIpc) is 3.23. The summed E-state index contributed by atoms with van der Waals surface area (Å²) in [4.78, 5) is 12.7. The van der Waals surface area contributed by atoms with Crippen LogP contribution in [0.1, 0.15) is 65.2 Å². The zero-order chi connectivity index (χ0) is 13.7. The van der Waals surface area contributed by atoms with E-state index in [1.54, 1.807) is 0 Å². The van der Waals surface area contributed by atoms with Gasteiger partial charge < -0.3 is 10.6 Å². The Kier molecular flexibility index (Phi) is 5.26. The number of hydrogen-bond donors (Lipinski definition) is 2. The Bertz CT molecular complexity index is 288. The maximum Gasteiger partial charge on any atom is 0.227 e. The minimum absolute atomic E-state index is 0.135. The van der Waals surface area contributed by atoms with Crippen molar-refractivity contribution in [2.45, 2.75) is 71.3 Å². The Hall–Kier alpha value is -0.570. The van der Waals surface area contributed by atoms with Crippen LogP contribution in [0, 0.1) is 11.3 Å². The van der Waals surface area contributed by atoms with Gasteiger partial charge in [0.05, 0.1) is 5.41 Å². The molecule has 19 heavy (non-hydrogen) atoms. The highest BCUT2D eigenvalue weighted by atomic mass is 16.2. The van der Waals surface area contributed by atoms with E-state index in [9.17, 15) is 4.79 Å². The van der Waals surface area contributed by atoms with Gasteiger partial charge in [-0.2, -0.15) is 0 Å². The van der Waals surface area contributed by atoms with Gasteiger partial charge in [-0.05, 0) is 44.6 Å². The molecule has 1 aliphatic carbocycles. The molecule has 1 heterocycles. The van der Waals surface area contributed by atoms with Crippen LogP contribution in [0.2, 0.25) is 0 Å². The third kappa shape index (κ3) is 3.95. The lowest BCUT2D eigenvalue weighted by Gasteiger charge is -2.37. The van der Waals surface area contributed by atoms with Crippen LogP contribution in [0.5, 0.6) is 0 Å². The lowest BCUT2D eigenvalue weighted by atomic mass is 9.76. The Labute approximate surface area is 117 Å². The van der Waals surface area contributed by atoms with E-state index in [0.29, 0.717) is 11.9 Å². The molecule has 2 atom stereocenters. The van der Waals surface area contributed by atoms with Crippen molar-refractivity contribution < 1.29 is 4.79 Å². The van der Waals surface area contributed by atoms with Crippen molar-refractivity contribution in [2.75, 3.05) is 13.1 Å². The highest BCUT2D eigenvalue weighted by Crippen LogP contribution is 2.35. The van der Waals surface area contributed by atoms with Crippen molar-refractivity contribution in [3.05, 3.63) is 0 Å². The van der Waals surface area contributed by atoms with Gasteiger partial charge in [0.1, 0.15) is 0 Å². The number of hydrogen-bond acceptors (Lipinski definition) is 2. The van der Waals surface area contributed by atoms with Crippen molar-refractivity contribution in [1.29, 1.82) is 0 Å². The molecule has 1 aliphatic heterocycles. The summed E-state index contributed by atoms with van der Waals surface area (Å²) in [6, 6.07) is 0.399. The maximum absolute atomic E-state index is 12.7. The molecule has 1 saturated carbocycles. The molecule has 2 N–H and O–H groups in total. The molecule has 0 aromatic carbocycles. The molecule has 1 saturated heterocycles. The van der Waals surface area contributed by atoms with Gasteiger partial charge in [0.2, 0.25) is 5.91 Å². The first-order chi connectivity index (χ1) is 9.20. The minimum atomic E-state index is -0.135. The molecule has 0 spiro atoms. The Morgan fingerprint density at radius 3 is 2.74 bits per heavy atom. The van der Waals surface area contributed by atoms with Crippen molar-refractivity contribution in [3.8, 4) is 0 Å². The molecular formula is C16H30N2O. The fraction of sp³-hybridized carbons (Fsp3) is 0.938. The van der Waals surface area contributed by atoms with Crippen LogP contribution >= 0.6 is 0 Å². The number of nitrogens with one attached hydrogen (secondary N) is 2. The van der Waals surface area contributed by atoms with E-state index < -0.39 is 0 Å². The second kappa shape index (κ2) is 6.74. The molecule has 0 aromatic heterocycles. The van der Waals surface area contributed by atoms with E-state index in [1.165, 1.54) is 19.3 Å². The summed E-state index contributed by atoms with van der Waals surface area (Å²) < 4.78 is 0. The van der Waals surface area contributed by atoms with Gasteiger partial charge in [-0.1, -0.05) is 33.1 Å². The van der Waals surface area contributed by atoms with Crippen molar-refractivity contribution in [1.82, 2.24) is 10.6 Å². The third-order valence-electron chi connectivity index (χ3n) is 4.83. The highest BCUT2D eigenvalue weighted by molar-refractivity contribution is 5.83. The molecule has 0 aromatic rings. The first-order valence-corrected chi connectivity index (χ1v) is 8.22. The van der Waals surface area contributed by atoms with Gasteiger partial charge in [-0.25, -0.2) is 0 Å². The Morgan fingerprint density at radius 2 is 2.21 bits per heavy atom. The van der Waals surface area contributed by atoms with E-state index in [-0.39, 0.29) is 5.41 Å². The quantitative estimate of drug-likeness (QED) is 0.744. The molecule has 2 aliphatic rings. The second-order valence-corrected chi connectivity index (χ2v) is 6.57. The van der Waals surface area contributed by atoms with Gasteiger partial charge >= 0.3 is 0 Å². The molecular weight excluding hydrogens is 236 g/mol. The molecule has 0 bridgehead atoms. The van der Waals surface area contributed by atoms with Gasteiger partial charge in [-0.3, -0.25) is 4.79 Å². The van der Waals surface area contributed by atoms with Crippen molar-refractivity contribution >= 4 is 5.91 Å². The third-order valence-corrected chi connectivity index (χ3v) is 4.83. The smallest absolute Gasteiger partial charge is 0.227 e. The molecule has 1 amide bonds. The zero-order valence-electron chi connectivity index (χ0n) is 12.6. The van der Waals surface area contributed by atoms with Crippen LogP contribution in [-0.2, 0) is 4.79 Å². The van der Waals surface area contributed by atoms with Gasteiger partial charge in [0, 0.05) is 12.6 Å². The van der Waals surface area contributed by atoms with E-state index >= 15 is 0 Å². The Balaban J connectivity index is 1.93. The number of carbonyl (C=O) groups excluding carboxylic acids is 1. The monoisotopic (exact) mass is 266 g/mol. The summed E-state index contributed by atoms with van der Waals surface area (Å²) in [7, 11) is 0. The van der Waals surface area contributed by atoms with Crippen LogP contribution in [0.4, 0.5) is 0 Å². The zero-order valence-corrected chi connectivity index (χ0v) is 12.6. The van der Waals surface area contributed by atoms with E-state index in [1.807, 2.05) is 0 Å². The van der Waals surface area contributed by atoms with Crippen LogP contribution in [0.3, 0.4) is 0 Å². The summed E-state index contributed by atoms with van der Waals surface area (Å²) >= 11 is 0. The molecule has 2 unspecified atom stereocenters. The fourth-order valence-electron chi connectivity index (χ4n) is 3.39. The predicted octanol–water partition coefficient (Wildman–Crippen LogP) is 2.85. The summed E-state index contributed by atoms with van der Waals surface area (Å²) in [6.07, 6.45) is 9.30. The fourth-order valence-corrected chi connectivity index (χ4v) is 3.39. The number of piperidine rings is 1. The first kappa shape index (κ1) is 14.8. The lowest BCUT2D eigenvalue weighted by Crippen LogP contribution is -2.52. The summed E-state index contributed by atoms with van der Waals surface area (Å²) in [5.41, 5.74) is -0.135. The highest BCUT2D eigenvalue weighted by Gasteiger charge is 2.39. The standard InChI is InChI=1S/C16H30N2O/c1-3-8-16(9-5-10-17-12-16)15(19)18-14(4-2)11-13-6-7-13/h13-14,17H,3-12H2,1-2H3,(H,18,19). The average molecular weight is 266 g/mol. The van der Waals surface area contributed by atoms with Crippen LogP contribution in [0.15, 0.2) is 0 Å². The number of amides is 1. The Morgan fingerprint density at radius 1 is 1.42 bits per heavy atom. The van der Waals surface area contributed by atoms with Gasteiger partial charge in [-0.15, -0.1) is 0 Å². The van der Waals surface area contributed by atoms with E-state index in [4.69, 9.17) is 0 Å². The molecule has 0 radical (unpaired) electrons.